The number of nitrogens with zero attached hydrogens (tertiary/aromatic N) is 4. The number of benzene rings is 1. The molecule has 1 atom stereocenters. The number of likely N-dealkylation sites (tertiary alicyclic amines) is 1. The molecular formula is C19H28IN5O. The van der Waals surface area contributed by atoms with Crippen LogP contribution in [0, 0.1) is 12.8 Å². The fourth-order valence-electron chi connectivity index (χ4n) is 3.35. The van der Waals surface area contributed by atoms with Crippen LogP contribution in [-0.2, 0) is 12.8 Å². The highest BCUT2D eigenvalue weighted by molar-refractivity contribution is 14.0. The van der Waals surface area contributed by atoms with Gasteiger partial charge in [-0.05, 0) is 37.7 Å². The summed E-state index contributed by atoms with van der Waals surface area (Å²) in [5.41, 5.74) is 1.42. The van der Waals surface area contributed by atoms with Crippen molar-refractivity contribution in [1.82, 2.24) is 20.4 Å². The Morgan fingerprint density at radius 1 is 1.35 bits per heavy atom. The van der Waals surface area contributed by atoms with Crippen LogP contribution in [0.15, 0.2) is 39.8 Å². The Morgan fingerprint density at radius 2 is 2.15 bits per heavy atom. The van der Waals surface area contributed by atoms with Gasteiger partial charge in [0.2, 0.25) is 5.89 Å². The maximum absolute atomic E-state index is 5.14. The largest absolute Gasteiger partial charge is 0.356 e. The Bertz CT molecular complexity index is 688. The van der Waals surface area contributed by atoms with E-state index in [1.54, 1.807) is 0 Å². The molecule has 1 unspecified atom stereocenters. The lowest BCUT2D eigenvalue weighted by molar-refractivity contribution is 0.371. The van der Waals surface area contributed by atoms with Gasteiger partial charge in [0, 0.05) is 33.1 Å². The molecule has 3 rings (SSSR count). The molecule has 0 saturated carbocycles. The predicted octanol–water partition coefficient (Wildman–Crippen LogP) is 3.07. The fourth-order valence-corrected chi connectivity index (χ4v) is 3.35. The summed E-state index contributed by atoms with van der Waals surface area (Å²) < 4.78 is 5.14. The van der Waals surface area contributed by atoms with Crippen molar-refractivity contribution in [2.75, 3.05) is 26.7 Å². The summed E-state index contributed by atoms with van der Waals surface area (Å²) in [6.07, 6.45) is 4.10. The first-order valence-electron chi connectivity index (χ1n) is 9.03. The van der Waals surface area contributed by atoms with Crippen LogP contribution in [0.4, 0.5) is 0 Å². The molecule has 0 bridgehead atoms. The van der Waals surface area contributed by atoms with E-state index in [1.807, 2.05) is 14.0 Å². The normalized spacial score (nSPS) is 17.2. The zero-order chi connectivity index (χ0) is 17.5. The quantitative estimate of drug-likeness (QED) is 0.305. The number of guanidine groups is 1. The predicted molar refractivity (Wildman–Crippen MR) is 114 cm³/mol. The van der Waals surface area contributed by atoms with Crippen LogP contribution in [0.25, 0.3) is 0 Å². The summed E-state index contributed by atoms with van der Waals surface area (Å²) in [7, 11) is 1.86. The van der Waals surface area contributed by atoms with Crippen LogP contribution in [0.2, 0.25) is 0 Å². The molecule has 7 heteroatoms. The number of nitrogens with one attached hydrogen (secondary N) is 1. The molecule has 1 saturated heterocycles. The van der Waals surface area contributed by atoms with Gasteiger partial charge in [-0.1, -0.05) is 35.5 Å². The molecule has 1 fully saturated rings. The van der Waals surface area contributed by atoms with Gasteiger partial charge in [0.25, 0.3) is 0 Å². The number of aliphatic imine (C=N–C) groups is 1. The van der Waals surface area contributed by atoms with E-state index < -0.39 is 0 Å². The lowest BCUT2D eigenvalue weighted by Crippen LogP contribution is -2.40. The van der Waals surface area contributed by atoms with Gasteiger partial charge in [-0.3, -0.25) is 4.99 Å². The van der Waals surface area contributed by atoms with E-state index in [-0.39, 0.29) is 24.0 Å². The molecule has 1 N–H and O–H groups in total. The topological polar surface area (TPSA) is 66.5 Å². The van der Waals surface area contributed by atoms with E-state index in [0.717, 1.165) is 44.9 Å². The zero-order valence-electron chi connectivity index (χ0n) is 15.5. The average molecular weight is 469 g/mol. The number of aryl methyl sites for hydroxylation is 2. The number of hydrogen-bond donors (Lipinski definition) is 1. The highest BCUT2D eigenvalue weighted by atomic mass is 127. The molecular weight excluding hydrogens is 441 g/mol. The molecule has 1 aliphatic rings. The number of aromatic nitrogens is 2. The number of rotatable bonds is 6. The van der Waals surface area contributed by atoms with E-state index in [1.165, 1.54) is 12.0 Å². The summed E-state index contributed by atoms with van der Waals surface area (Å²) in [6, 6.07) is 10.7. The van der Waals surface area contributed by atoms with Crippen LogP contribution in [0.1, 0.15) is 30.1 Å². The van der Waals surface area contributed by atoms with Crippen molar-refractivity contribution in [1.29, 1.82) is 0 Å². The molecule has 6 nitrogen and oxygen atoms in total. The Hall–Kier alpha value is -1.64. The lowest BCUT2D eigenvalue weighted by Gasteiger charge is -2.21. The van der Waals surface area contributed by atoms with E-state index in [4.69, 9.17) is 4.52 Å². The molecule has 142 valence electrons. The van der Waals surface area contributed by atoms with Gasteiger partial charge in [-0.15, -0.1) is 24.0 Å². The molecule has 0 radical (unpaired) electrons. The van der Waals surface area contributed by atoms with E-state index in [9.17, 15) is 0 Å². The molecule has 2 heterocycles. The summed E-state index contributed by atoms with van der Waals surface area (Å²) in [6.45, 7) is 4.83. The summed E-state index contributed by atoms with van der Waals surface area (Å²) in [5, 5.41) is 7.27. The maximum atomic E-state index is 5.14. The van der Waals surface area contributed by atoms with Crippen molar-refractivity contribution in [2.24, 2.45) is 10.9 Å². The monoisotopic (exact) mass is 469 g/mol. The van der Waals surface area contributed by atoms with Crippen molar-refractivity contribution in [2.45, 2.75) is 32.6 Å². The molecule has 1 aromatic carbocycles. The van der Waals surface area contributed by atoms with Gasteiger partial charge in [-0.25, -0.2) is 0 Å². The standard InChI is InChI=1S/C19H27N5O.HI/c1-15-22-18(25-23-15)9-6-11-21-19(20-2)24-12-10-17(14-24)13-16-7-4-3-5-8-16;/h3-5,7-8,17H,6,9-14H2,1-2H3,(H,20,21);1H. The van der Waals surface area contributed by atoms with Crippen molar-refractivity contribution >= 4 is 29.9 Å². The highest BCUT2D eigenvalue weighted by Crippen LogP contribution is 2.20. The van der Waals surface area contributed by atoms with E-state index in [2.05, 4.69) is 55.7 Å². The van der Waals surface area contributed by atoms with Gasteiger partial charge in [0.15, 0.2) is 11.8 Å². The lowest BCUT2D eigenvalue weighted by atomic mass is 9.99. The first-order chi connectivity index (χ1) is 12.2. The van der Waals surface area contributed by atoms with Gasteiger partial charge in [0.1, 0.15) is 0 Å². The molecule has 1 aromatic heterocycles. The molecule has 26 heavy (non-hydrogen) atoms. The van der Waals surface area contributed by atoms with Crippen molar-refractivity contribution < 1.29 is 4.52 Å². The van der Waals surface area contributed by atoms with Crippen LogP contribution in [-0.4, -0.2) is 47.7 Å². The SMILES string of the molecule is CN=C(NCCCc1nc(C)no1)N1CCC(Cc2ccccc2)C1.I. The minimum absolute atomic E-state index is 0. The van der Waals surface area contributed by atoms with Crippen LogP contribution in [0.5, 0.6) is 0 Å². The van der Waals surface area contributed by atoms with E-state index >= 15 is 0 Å². The first kappa shape index (κ1) is 20.7. The molecule has 0 amide bonds. The summed E-state index contributed by atoms with van der Waals surface area (Å²) in [5.74, 6) is 3.10. The summed E-state index contributed by atoms with van der Waals surface area (Å²) >= 11 is 0. The average Bonchev–Trinajstić information content (AvgIpc) is 3.25. The second-order valence-corrected chi connectivity index (χ2v) is 6.60. The van der Waals surface area contributed by atoms with Crippen molar-refractivity contribution in [3.05, 3.63) is 47.6 Å². The maximum Gasteiger partial charge on any atom is 0.226 e. The Balaban J connectivity index is 0.00000243. The smallest absolute Gasteiger partial charge is 0.226 e. The van der Waals surface area contributed by atoms with E-state index in [0.29, 0.717) is 17.6 Å². The van der Waals surface area contributed by atoms with Crippen LogP contribution in [0.3, 0.4) is 0 Å². The molecule has 2 aromatic rings. The number of hydrogen-bond acceptors (Lipinski definition) is 4. The zero-order valence-corrected chi connectivity index (χ0v) is 17.8. The molecule has 0 aliphatic carbocycles. The molecule has 1 aliphatic heterocycles. The van der Waals surface area contributed by atoms with Crippen LogP contribution >= 0.6 is 24.0 Å². The second kappa shape index (κ2) is 10.5. The highest BCUT2D eigenvalue weighted by Gasteiger charge is 2.24. The van der Waals surface area contributed by atoms with Gasteiger partial charge >= 0.3 is 0 Å². The number of halogens is 1. The fraction of sp³-hybridized carbons (Fsp3) is 0.526. The third-order valence-corrected chi connectivity index (χ3v) is 4.58. The van der Waals surface area contributed by atoms with Gasteiger partial charge in [0.05, 0.1) is 0 Å². The van der Waals surface area contributed by atoms with Crippen molar-refractivity contribution in [3.63, 3.8) is 0 Å². The molecule has 0 spiro atoms. The van der Waals surface area contributed by atoms with Gasteiger partial charge in [-0.2, -0.15) is 4.98 Å². The van der Waals surface area contributed by atoms with Gasteiger partial charge < -0.3 is 14.7 Å². The minimum Gasteiger partial charge on any atom is -0.356 e. The first-order valence-corrected chi connectivity index (χ1v) is 9.03. The van der Waals surface area contributed by atoms with Crippen molar-refractivity contribution in [3.8, 4) is 0 Å². The Labute approximate surface area is 172 Å². The minimum atomic E-state index is 0. The van der Waals surface area contributed by atoms with Crippen LogP contribution < -0.4 is 5.32 Å². The third kappa shape index (κ3) is 5.96. The third-order valence-electron chi connectivity index (χ3n) is 4.58. The second-order valence-electron chi connectivity index (χ2n) is 6.60. The Kier molecular flexibility index (Phi) is 8.34. The Morgan fingerprint density at radius 3 is 2.85 bits per heavy atom. The summed E-state index contributed by atoms with van der Waals surface area (Å²) in [4.78, 5) is 11.0.